The van der Waals surface area contributed by atoms with Crippen molar-refractivity contribution >= 4 is 9.84 Å². The molecular weight excluding hydrogens is 234 g/mol. The van der Waals surface area contributed by atoms with Gasteiger partial charge in [0, 0.05) is 6.04 Å². The Morgan fingerprint density at radius 2 is 2.18 bits per heavy atom. The molecule has 0 spiro atoms. The molecule has 1 fully saturated rings. The number of hydrogen-bond donors (Lipinski definition) is 1. The average Bonchev–Trinajstić information content (AvgIpc) is 2.23. The van der Waals surface area contributed by atoms with Crippen LogP contribution in [0.1, 0.15) is 46.0 Å². The van der Waals surface area contributed by atoms with Crippen LogP contribution in [0.15, 0.2) is 12.2 Å². The first-order valence-electron chi connectivity index (χ1n) is 6.56. The SMILES string of the molecule is C=C(C)CC(NCCC)C1CCCCS1(=O)=O. The maximum atomic E-state index is 12.1. The lowest BCUT2D eigenvalue weighted by atomic mass is 10.0. The van der Waals surface area contributed by atoms with Crippen molar-refractivity contribution in [3.63, 3.8) is 0 Å². The molecule has 0 aromatic rings. The number of rotatable bonds is 6. The second-order valence-corrected chi connectivity index (χ2v) is 7.46. The van der Waals surface area contributed by atoms with Crippen molar-refractivity contribution in [2.24, 2.45) is 0 Å². The summed E-state index contributed by atoms with van der Waals surface area (Å²) in [6, 6.07) is 0.0535. The minimum Gasteiger partial charge on any atom is -0.312 e. The summed E-state index contributed by atoms with van der Waals surface area (Å²) < 4.78 is 24.2. The molecule has 2 atom stereocenters. The van der Waals surface area contributed by atoms with Gasteiger partial charge in [0.1, 0.15) is 0 Å². The minimum atomic E-state index is -2.90. The normalized spacial score (nSPS) is 25.4. The van der Waals surface area contributed by atoms with Gasteiger partial charge in [0.05, 0.1) is 11.0 Å². The molecule has 0 aromatic carbocycles. The smallest absolute Gasteiger partial charge is 0.154 e. The van der Waals surface area contributed by atoms with Crippen molar-refractivity contribution < 1.29 is 8.42 Å². The predicted octanol–water partition coefficient (Wildman–Crippen LogP) is 2.29. The van der Waals surface area contributed by atoms with Crippen LogP contribution >= 0.6 is 0 Å². The Labute approximate surface area is 106 Å². The van der Waals surface area contributed by atoms with E-state index in [4.69, 9.17) is 0 Å². The zero-order chi connectivity index (χ0) is 12.9. The molecule has 1 aliphatic heterocycles. The summed E-state index contributed by atoms with van der Waals surface area (Å²) in [6.45, 7) is 8.86. The van der Waals surface area contributed by atoms with Crippen LogP contribution in [-0.4, -0.2) is 32.0 Å². The van der Waals surface area contributed by atoms with E-state index in [1.165, 1.54) is 0 Å². The fourth-order valence-electron chi connectivity index (χ4n) is 2.47. The lowest BCUT2D eigenvalue weighted by molar-refractivity contribution is 0.433. The second-order valence-electron chi connectivity index (χ2n) is 5.12. The molecule has 1 rings (SSSR count). The zero-order valence-electron chi connectivity index (χ0n) is 11.0. The Balaban J connectivity index is 2.76. The van der Waals surface area contributed by atoms with Crippen molar-refractivity contribution in [2.45, 2.75) is 57.2 Å². The highest BCUT2D eigenvalue weighted by atomic mass is 32.2. The van der Waals surface area contributed by atoms with E-state index in [2.05, 4.69) is 18.8 Å². The van der Waals surface area contributed by atoms with Gasteiger partial charge in [-0.15, -0.1) is 6.58 Å². The molecular formula is C13H25NO2S. The third-order valence-corrected chi connectivity index (χ3v) is 5.65. The molecule has 4 heteroatoms. The van der Waals surface area contributed by atoms with Gasteiger partial charge < -0.3 is 5.32 Å². The Hall–Kier alpha value is -0.350. The molecule has 2 unspecified atom stereocenters. The van der Waals surface area contributed by atoms with E-state index >= 15 is 0 Å². The van der Waals surface area contributed by atoms with Crippen LogP contribution in [0.25, 0.3) is 0 Å². The Bertz CT molecular complexity index is 348. The summed E-state index contributed by atoms with van der Waals surface area (Å²) in [5.74, 6) is 0.359. The lowest BCUT2D eigenvalue weighted by Crippen LogP contribution is -2.47. The first-order chi connectivity index (χ1) is 7.97. The summed E-state index contributed by atoms with van der Waals surface area (Å²) in [5, 5.41) is 3.18. The van der Waals surface area contributed by atoms with E-state index in [9.17, 15) is 8.42 Å². The molecule has 17 heavy (non-hydrogen) atoms. The van der Waals surface area contributed by atoms with E-state index in [0.717, 1.165) is 44.2 Å². The number of hydrogen-bond acceptors (Lipinski definition) is 3. The van der Waals surface area contributed by atoms with Crippen LogP contribution in [0.5, 0.6) is 0 Å². The molecule has 0 amide bonds. The summed E-state index contributed by atoms with van der Waals surface area (Å²) in [5.41, 5.74) is 1.05. The third kappa shape index (κ3) is 4.43. The molecule has 1 saturated heterocycles. The van der Waals surface area contributed by atoms with Crippen molar-refractivity contribution in [2.75, 3.05) is 12.3 Å². The largest absolute Gasteiger partial charge is 0.312 e. The third-order valence-electron chi connectivity index (χ3n) is 3.30. The van der Waals surface area contributed by atoms with Gasteiger partial charge in [-0.1, -0.05) is 18.9 Å². The van der Waals surface area contributed by atoms with E-state index in [1.54, 1.807) is 0 Å². The molecule has 1 heterocycles. The van der Waals surface area contributed by atoms with E-state index in [1.807, 2.05) is 6.92 Å². The Morgan fingerprint density at radius 1 is 1.47 bits per heavy atom. The Kier molecular flexibility index (Phi) is 5.67. The highest BCUT2D eigenvalue weighted by Crippen LogP contribution is 2.25. The highest BCUT2D eigenvalue weighted by molar-refractivity contribution is 7.92. The standard InChI is InChI=1S/C13H25NO2S/c1-4-8-14-12(10-11(2)3)13-7-5-6-9-17(13,15)16/h12-14H,2,4-10H2,1,3H3. The van der Waals surface area contributed by atoms with E-state index in [0.29, 0.717) is 5.75 Å². The fourth-order valence-corrected chi connectivity index (χ4v) is 4.60. The van der Waals surface area contributed by atoms with Crippen LogP contribution in [0.2, 0.25) is 0 Å². The second kappa shape index (κ2) is 6.55. The fraction of sp³-hybridized carbons (Fsp3) is 0.846. The van der Waals surface area contributed by atoms with Gasteiger partial charge in [-0.05, 0) is 39.2 Å². The van der Waals surface area contributed by atoms with Gasteiger partial charge in [0.15, 0.2) is 9.84 Å². The van der Waals surface area contributed by atoms with E-state index < -0.39 is 9.84 Å². The maximum Gasteiger partial charge on any atom is 0.154 e. The van der Waals surface area contributed by atoms with Gasteiger partial charge in [-0.3, -0.25) is 0 Å². The van der Waals surface area contributed by atoms with Gasteiger partial charge in [-0.25, -0.2) is 8.42 Å². The summed E-state index contributed by atoms with van der Waals surface area (Å²) in [6.07, 6.45) is 4.46. The summed E-state index contributed by atoms with van der Waals surface area (Å²) >= 11 is 0. The molecule has 3 nitrogen and oxygen atoms in total. The van der Waals surface area contributed by atoms with Crippen molar-refractivity contribution in [1.29, 1.82) is 0 Å². The maximum absolute atomic E-state index is 12.1. The summed E-state index contributed by atoms with van der Waals surface area (Å²) in [7, 11) is -2.90. The number of sulfone groups is 1. The lowest BCUT2D eigenvalue weighted by Gasteiger charge is -2.31. The van der Waals surface area contributed by atoms with Gasteiger partial charge in [-0.2, -0.15) is 0 Å². The van der Waals surface area contributed by atoms with Crippen LogP contribution < -0.4 is 5.32 Å². The Morgan fingerprint density at radius 3 is 2.71 bits per heavy atom. The minimum absolute atomic E-state index is 0.0535. The molecule has 0 bridgehead atoms. The first-order valence-corrected chi connectivity index (χ1v) is 8.28. The molecule has 0 radical (unpaired) electrons. The first kappa shape index (κ1) is 14.7. The quantitative estimate of drug-likeness (QED) is 0.744. The van der Waals surface area contributed by atoms with Crippen LogP contribution in [0, 0.1) is 0 Å². The molecule has 100 valence electrons. The molecule has 0 aliphatic carbocycles. The van der Waals surface area contributed by atoms with Crippen LogP contribution in [0.3, 0.4) is 0 Å². The molecule has 0 aromatic heterocycles. The molecule has 1 aliphatic rings. The number of nitrogens with one attached hydrogen (secondary N) is 1. The van der Waals surface area contributed by atoms with Gasteiger partial charge >= 0.3 is 0 Å². The predicted molar refractivity (Wildman–Crippen MR) is 72.9 cm³/mol. The van der Waals surface area contributed by atoms with Crippen molar-refractivity contribution in [3.8, 4) is 0 Å². The average molecular weight is 259 g/mol. The van der Waals surface area contributed by atoms with Crippen LogP contribution in [0.4, 0.5) is 0 Å². The van der Waals surface area contributed by atoms with Crippen LogP contribution in [-0.2, 0) is 9.84 Å². The van der Waals surface area contributed by atoms with Gasteiger partial charge in [0.2, 0.25) is 0 Å². The molecule has 0 saturated carbocycles. The van der Waals surface area contributed by atoms with Gasteiger partial charge in [0.25, 0.3) is 0 Å². The van der Waals surface area contributed by atoms with E-state index in [-0.39, 0.29) is 11.3 Å². The molecule has 1 N–H and O–H groups in total. The van der Waals surface area contributed by atoms with Crippen molar-refractivity contribution in [1.82, 2.24) is 5.32 Å². The summed E-state index contributed by atoms with van der Waals surface area (Å²) in [4.78, 5) is 0. The highest BCUT2D eigenvalue weighted by Gasteiger charge is 2.34. The zero-order valence-corrected chi connectivity index (χ0v) is 11.9. The van der Waals surface area contributed by atoms with Crippen molar-refractivity contribution in [3.05, 3.63) is 12.2 Å². The topological polar surface area (TPSA) is 46.2 Å². The monoisotopic (exact) mass is 259 g/mol.